The van der Waals surface area contributed by atoms with Crippen LogP contribution in [0.2, 0.25) is 0 Å². The Morgan fingerprint density at radius 3 is 2.20 bits per heavy atom. The quantitative estimate of drug-likeness (QED) is 0.814. The molecule has 0 heterocycles. The lowest BCUT2D eigenvalue weighted by Crippen LogP contribution is -2.37. The van der Waals surface area contributed by atoms with Gasteiger partial charge in [0.25, 0.3) is 5.91 Å². The van der Waals surface area contributed by atoms with Gasteiger partial charge in [0.05, 0.1) is 11.3 Å². The standard InChI is InChI=1S/C19H21N3O3/c1-22(2)19(25)15-10-6-7-11-16(15)21-18(24)17(23)20-13-12-14-8-4-3-5-9-14/h3-11H,12-13H2,1-2H3,(H,20,23)(H,21,24). The summed E-state index contributed by atoms with van der Waals surface area (Å²) in [5.41, 5.74) is 1.72. The molecule has 0 radical (unpaired) electrons. The third kappa shape index (κ3) is 5.17. The highest BCUT2D eigenvalue weighted by atomic mass is 16.2. The molecule has 3 amide bonds. The Balaban J connectivity index is 1.93. The average molecular weight is 339 g/mol. The van der Waals surface area contributed by atoms with E-state index in [0.717, 1.165) is 5.56 Å². The van der Waals surface area contributed by atoms with Crippen LogP contribution >= 0.6 is 0 Å². The molecule has 2 aromatic carbocycles. The predicted molar refractivity (Wildman–Crippen MR) is 96.2 cm³/mol. The fourth-order valence-electron chi connectivity index (χ4n) is 2.24. The van der Waals surface area contributed by atoms with Crippen molar-refractivity contribution in [3.63, 3.8) is 0 Å². The van der Waals surface area contributed by atoms with E-state index in [0.29, 0.717) is 24.2 Å². The lowest BCUT2D eigenvalue weighted by Gasteiger charge is -2.14. The lowest BCUT2D eigenvalue weighted by atomic mass is 10.1. The third-order valence-corrected chi connectivity index (χ3v) is 3.56. The van der Waals surface area contributed by atoms with Crippen molar-refractivity contribution in [2.45, 2.75) is 6.42 Å². The summed E-state index contributed by atoms with van der Waals surface area (Å²) in [5, 5.41) is 5.07. The monoisotopic (exact) mass is 339 g/mol. The number of anilines is 1. The zero-order valence-electron chi connectivity index (χ0n) is 14.3. The van der Waals surface area contributed by atoms with Crippen molar-refractivity contribution in [1.29, 1.82) is 0 Å². The maximum absolute atomic E-state index is 12.1. The number of benzene rings is 2. The summed E-state index contributed by atoms with van der Waals surface area (Å²) in [4.78, 5) is 37.5. The molecular formula is C19H21N3O3. The molecule has 6 nitrogen and oxygen atoms in total. The Morgan fingerprint density at radius 2 is 1.52 bits per heavy atom. The Hall–Kier alpha value is -3.15. The summed E-state index contributed by atoms with van der Waals surface area (Å²) in [7, 11) is 3.24. The van der Waals surface area contributed by atoms with Gasteiger partial charge in [-0.1, -0.05) is 42.5 Å². The van der Waals surface area contributed by atoms with E-state index in [-0.39, 0.29) is 5.91 Å². The number of hydrogen-bond donors (Lipinski definition) is 2. The summed E-state index contributed by atoms with van der Waals surface area (Å²) in [6.07, 6.45) is 0.634. The molecule has 2 rings (SSSR count). The van der Waals surface area contributed by atoms with Gasteiger partial charge >= 0.3 is 11.8 Å². The van der Waals surface area contributed by atoms with Crippen LogP contribution < -0.4 is 10.6 Å². The van der Waals surface area contributed by atoms with Crippen LogP contribution in [0.3, 0.4) is 0 Å². The highest BCUT2D eigenvalue weighted by Gasteiger charge is 2.18. The first-order valence-electron chi connectivity index (χ1n) is 7.93. The van der Waals surface area contributed by atoms with Crippen LogP contribution in [0.25, 0.3) is 0 Å². The molecule has 25 heavy (non-hydrogen) atoms. The normalized spacial score (nSPS) is 10.0. The zero-order chi connectivity index (χ0) is 18.2. The molecule has 0 spiro atoms. The second-order valence-electron chi connectivity index (χ2n) is 5.69. The summed E-state index contributed by atoms with van der Waals surface area (Å²) in [6.45, 7) is 0.356. The first kappa shape index (κ1) is 18.2. The van der Waals surface area contributed by atoms with E-state index in [4.69, 9.17) is 0 Å². The molecule has 0 saturated heterocycles. The predicted octanol–water partition coefficient (Wildman–Crippen LogP) is 1.69. The van der Waals surface area contributed by atoms with Gasteiger partial charge < -0.3 is 15.5 Å². The van der Waals surface area contributed by atoms with E-state index in [9.17, 15) is 14.4 Å². The second-order valence-corrected chi connectivity index (χ2v) is 5.69. The number of para-hydroxylation sites is 1. The summed E-state index contributed by atoms with van der Waals surface area (Å²) in [6, 6.07) is 16.2. The third-order valence-electron chi connectivity index (χ3n) is 3.56. The van der Waals surface area contributed by atoms with E-state index in [2.05, 4.69) is 10.6 Å². The number of nitrogens with one attached hydrogen (secondary N) is 2. The Kier molecular flexibility index (Phi) is 6.28. The van der Waals surface area contributed by atoms with Crippen LogP contribution in [-0.2, 0) is 16.0 Å². The molecule has 0 aliphatic rings. The van der Waals surface area contributed by atoms with Gasteiger partial charge in [0.2, 0.25) is 0 Å². The molecule has 2 N–H and O–H groups in total. The summed E-state index contributed by atoms with van der Waals surface area (Å²) in [5.74, 6) is -1.78. The Morgan fingerprint density at radius 1 is 0.880 bits per heavy atom. The van der Waals surface area contributed by atoms with E-state index < -0.39 is 11.8 Å². The van der Waals surface area contributed by atoms with Crippen LogP contribution in [0, 0.1) is 0 Å². The van der Waals surface area contributed by atoms with Crippen LogP contribution in [0.1, 0.15) is 15.9 Å². The molecule has 0 unspecified atom stereocenters. The van der Waals surface area contributed by atoms with Crippen LogP contribution in [0.5, 0.6) is 0 Å². The maximum atomic E-state index is 12.1. The van der Waals surface area contributed by atoms with Crippen molar-refractivity contribution in [2.24, 2.45) is 0 Å². The number of amides is 3. The maximum Gasteiger partial charge on any atom is 0.313 e. The number of nitrogens with zero attached hydrogens (tertiary/aromatic N) is 1. The topological polar surface area (TPSA) is 78.5 Å². The van der Waals surface area contributed by atoms with Crippen LogP contribution in [-0.4, -0.2) is 43.3 Å². The summed E-state index contributed by atoms with van der Waals surface area (Å²) < 4.78 is 0. The molecule has 0 aromatic heterocycles. The van der Waals surface area contributed by atoms with Crippen molar-refractivity contribution in [3.8, 4) is 0 Å². The number of carbonyl (C=O) groups excluding carboxylic acids is 3. The first-order valence-corrected chi connectivity index (χ1v) is 7.93. The molecule has 0 bridgehead atoms. The molecule has 2 aromatic rings. The molecule has 6 heteroatoms. The number of rotatable bonds is 5. The van der Waals surface area contributed by atoms with Crippen LogP contribution in [0.15, 0.2) is 54.6 Å². The zero-order valence-corrected chi connectivity index (χ0v) is 14.3. The van der Waals surface area contributed by atoms with Gasteiger partial charge in [-0.15, -0.1) is 0 Å². The largest absolute Gasteiger partial charge is 0.347 e. The Bertz CT molecular complexity index is 758. The lowest BCUT2D eigenvalue weighted by molar-refractivity contribution is -0.136. The molecule has 0 atom stereocenters. The molecule has 130 valence electrons. The van der Waals surface area contributed by atoms with Gasteiger partial charge in [0.1, 0.15) is 0 Å². The van der Waals surface area contributed by atoms with Gasteiger partial charge in [0, 0.05) is 20.6 Å². The van der Waals surface area contributed by atoms with Crippen molar-refractivity contribution >= 4 is 23.4 Å². The van der Waals surface area contributed by atoms with Gasteiger partial charge in [-0.05, 0) is 24.1 Å². The fraction of sp³-hybridized carbons (Fsp3) is 0.211. The molecule has 0 aliphatic heterocycles. The highest BCUT2D eigenvalue weighted by molar-refractivity contribution is 6.40. The highest BCUT2D eigenvalue weighted by Crippen LogP contribution is 2.16. The van der Waals surface area contributed by atoms with Crippen molar-refractivity contribution in [3.05, 3.63) is 65.7 Å². The van der Waals surface area contributed by atoms with E-state index in [1.54, 1.807) is 38.4 Å². The van der Waals surface area contributed by atoms with Gasteiger partial charge in [-0.2, -0.15) is 0 Å². The van der Waals surface area contributed by atoms with Gasteiger partial charge in [0.15, 0.2) is 0 Å². The minimum Gasteiger partial charge on any atom is -0.347 e. The Labute approximate surface area is 146 Å². The molecule has 0 fully saturated rings. The van der Waals surface area contributed by atoms with E-state index >= 15 is 0 Å². The smallest absolute Gasteiger partial charge is 0.313 e. The first-order chi connectivity index (χ1) is 12.0. The number of hydrogen-bond acceptors (Lipinski definition) is 3. The average Bonchev–Trinajstić information content (AvgIpc) is 2.62. The van der Waals surface area contributed by atoms with Crippen molar-refractivity contribution in [1.82, 2.24) is 10.2 Å². The molecule has 0 saturated carbocycles. The van der Waals surface area contributed by atoms with E-state index in [1.165, 1.54) is 4.90 Å². The minimum atomic E-state index is -0.799. The van der Waals surface area contributed by atoms with Crippen LogP contribution in [0.4, 0.5) is 5.69 Å². The van der Waals surface area contributed by atoms with Crippen molar-refractivity contribution in [2.75, 3.05) is 26.0 Å². The molecule has 0 aliphatic carbocycles. The van der Waals surface area contributed by atoms with E-state index in [1.807, 2.05) is 30.3 Å². The number of carbonyl (C=O) groups is 3. The molecular weight excluding hydrogens is 318 g/mol. The summed E-state index contributed by atoms with van der Waals surface area (Å²) >= 11 is 0. The fourth-order valence-corrected chi connectivity index (χ4v) is 2.24. The van der Waals surface area contributed by atoms with Gasteiger partial charge in [-0.25, -0.2) is 0 Å². The van der Waals surface area contributed by atoms with Gasteiger partial charge in [-0.3, -0.25) is 14.4 Å². The van der Waals surface area contributed by atoms with Crippen molar-refractivity contribution < 1.29 is 14.4 Å². The second kappa shape index (κ2) is 8.63. The minimum absolute atomic E-state index is 0.250. The SMILES string of the molecule is CN(C)C(=O)c1ccccc1NC(=O)C(=O)NCCc1ccccc1.